The highest BCUT2D eigenvalue weighted by Crippen LogP contribution is 2.22. The Labute approximate surface area is 109 Å². The highest BCUT2D eigenvalue weighted by atomic mass is 16.4. The molecule has 1 N–H and O–H groups in total. The Bertz CT molecular complexity index is 594. The lowest BCUT2D eigenvalue weighted by Crippen LogP contribution is -1.97. The molecule has 0 aliphatic carbocycles. The van der Waals surface area contributed by atoms with Crippen molar-refractivity contribution in [2.75, 3.05) is 0 Å². The van der Waals surface area contributed by atoms with Crippen molar-refractivity contribution in [2.24, 2.45) is 0 Å². The summed E-state index contributed by atoms with van der Waals surface area (Å²) in [7, 11) is 0. The predicted molar refractivity (Wildman–Crippen MR) is 65.4 cm³/mol. The van der Waals surface area contributed by atoms with E-state index in [9.17, 15) is 4.79 Å². The van der Waals surface area contributed by atoms with Gasteiger partial charge in [0.2, 0.25) is 11.8 Å². The first-order valence-corrected chi connectivity index (χ1v) is 5.98. The zero-order chi connectivity index (χ0) is 13.8. The van der Waals surface area contributed by atoms with Gasteiger partial charge in [-0.3, -0.25) is 4.79 Å². The largest absolute Gasteiger partial charge is 0.481 e. The van der Waals surface area contributed by atoms with Crippen molar-refractivity contribution in [3.63, 3.8) is 0 Å². The van der Waals surface area contributed by atoms with Crippen LogP contribution in [0.5, 0.6) is 0 Å². The second kappa shape index (κ2) is 5.55. The van der Waals surface area contributed by atoms with Crippen molar-refractivity contribution in [2.45, 2.75) is 33.1 Å². The van der Waals surface area contributed by atoms with Crippen LogP contribution in [-0.4, -0.2) is 31.5 Å². The first kappa shape index (κ1) is 13.1. The lowest BCUT2D eigenvalue weighted by molar-refractivity contribution is -0.137. The summed E-state index contributed by atoms with van der Waals surface area (Å²) in [5.41, 5.74) is 2.29. The number of carboxylic acids is 1. The lowest BCUT2D eigenvalue weighted by atomic mass is 10.1. The van der Waals surface area contributed by atoms with Crippen LogP contribution in [0, 0.1) is 6.92 Å². The van der Waals surface area contributed by atoms with Crippen LogP contribution in [0.25, 0.3) is 11.5 Å². The molecule has 0 unspecified atom stereocenters. The molecule has 0 aromatic carbocycles. The monoisotopic (exact) mass is 262 g/mol. The van der Waals surface area contributed by atoms with E-state index in [2.05, 4.69) is 20.4 Å². The van der Waals surface area contributed by atoms with Gasteiger partial charge in [0.25, 0.3) is 0 Å². The molecule has 19 heavy (non-hydrogen) atoms. The van der Waals surface area contributed by atoms with Crippen LogP contribution in [0.4, 0.5) is 0 Å². The van der Waals surface area contributed by atoms with Gasteiger partial charge < -0.3 is 9.52 Å². The molecular weight excluding hydrogens is 248 g/mol. The van der Waals surface area contributed by atoms with Gasteiger partial charge in [-0.1, -0.05) is 6.92 Å². The normalized spacial score (nSPS) is 10.6. The predicted octanol–water partition coefficient (Wildman–Crippen LogP) is 1.41. The van der Waals surface area contributed by atoms with E-state index < -0.39 is 5.97 Å². The summed E-state index contributed by atoms with van der Waals surface area (Å²) in [6.45, 7) is 3.79. The Kier molecular flexibility index (Phi) is 3.84. The van der Waals surface area contributed by atoms with Gasteiger partial charge >= 0.3 is 5.97 Å². The topological polar surface area (TPSA) is 102 Å². The number of carbonyl (C=O) groups is 1. The summed E-state index contributed by atoms with van der Waals surface area (Å²) in [6, 6.07) is 1.83. The van der Waals surface area contributed by atoms with Crippen LogP contribution in [0.1, 0.15) is 30.6 Å². The minimum atomic E-state index is -0.893. The number of hydrogen-bond donors (Lipinski definition) is 1. The fourth-order valence-electron chi connectivity index (χ4n) is 1.64. The molecule has 2 aromatic heterocycles. The van der Waals surface area contributed by atoms with Crippen LogP contribution >= 0.6 is 0 Å². The molecule has 0 spiro atoms. The number of hydrogen-bond acceptors (Lipinski definition) is 6. The molecule has 0 atom stereocenters. The summed E-state index contributed by atoms with van der Waals surface area (Å²) in [6.07, 6.45) is 0.895. The van der Waals surface area contributed by atoms with Crippen LogP contribution in [0.3, 0.4) is 0 Å². The molecule has 2 heterocycles. The van der Waals surface area contributed by atoms with Crippen LogP contribution in [-0.2, 0) is 17.6 Å². The molecule has 0 aliphatic rings. The van der Waals surface area contributed by atoms with Crippen LogP contribution < -0.4 is 0 Å². The molecule has 0 fully saturated rings. The summed E-state index contributed by atoms with van der Waals surface area (Å²) >= 11 is 0. The first-order valence-electron chi connectivity index (χ1n) is 5.98. The van der Waals surface area contributed by atoms with E-state index in [0.29, 0.717) is 18.2 Å². The van der Waals surface area contributed by atoms with Crippen molar-refractivity contribution in [1.82, 2.24) is 20.4 Å². The fraction of sp³-hybridized carbons (Fsp3) is 0.417. The minimum Gasteiger partial charge on any atom is -0.481 e. The highest BCUT2D eigenvalue weighted by Gasteiger charge is 2.14. The molecular formula is C12H14N4O3. The number of nitrogens with zero attached hydrogens (tertiary/aromatic N) is 4. The Morgan fingerprint density at radius 2 is 2.11 bits per heavy atom. The van der Waals surface area contributed by atoms with E-state index >= 15 is 0 Å². The average molecular weight is 262 g/mol. The Balaban J connectivity index is 2.27. The number of rotatable bonds is 5. The molecule has 0 aliphatic heterocycles. The Morgan fingerprint density at radius 1 is 1.32 bits per heavy atom. The highest BCUT2D eigenvalue weighted by molar-refractivity contribution is 5.66. The van der Waals surface area contributed by atoms with E-state index in [1.807, 2.05) is 19.9 Å². The molecule has 0 saturated heterocycles. The first-order chi connectivity index (χ1) is 9.10. The van der Waals surface area contributed by atoms with E-state index in [4.69, 9.17) is 9.52 Å². The molecule has 0 amide bonds. The standard InChI is InChI=1S/C12H14N4O3/c1-3-9-8(6-7(2)13-14-9)12-16-15-10(19-12)4-5-11(17)18/h6H,3-5H2,1-2H3,(H,17,18). The van der Waals surface area contributed by atoms with Gasteiger partial charge in [0.15, 0.2) is 0 Å². The lowest BCUT2D eigenvalue weighted by Gasteiger charge is -2.02. The zero-order valence-electron chi connectivity index (χ0n) is 10.8. The third kappa shape index (κ3) is 3.12. The van der Waals surface area contributed by atoms with Gasteiger partial charge in [-0.15, -0.1) is 10.2 Å². The summed E-state index contributed by atoms with van der Waals surface area (Å²) in [4.78, 5) is 10.5. The van der Waals surface area contributed by atoms with E-state index in [1.54, 1.807) is 0 Å². The molecule has 7 heteroatoms. The molecule has 100 valence electrons. The third-order valence-corrected chi connectivity index (χ3v) is 2.58. The summed E-state index contributed by atoms with van der Waals surface area (Å²) < 4.78 is 5.46. The van der Waals surface area contributed by atoms with Crippen molar-refractivity contribution >= 4 is 5.97 Å². The maximum Gasteiger partial charge on any atom is 0.303 e. The van der Waals surface area contributed by atoms with Gasteiger partial charge in [0.1, 0.15) is 0 Å². The molecule has 0 radical (unpaired) electrons. The summed E-state index contributed by atoms with van der Waals surface area (Å²) in [5.74, 6) is -0.223. The van der Waals surface area contributed by atoms with Gasteiger partial charge in [0, 0.05) is 6.42 Å². The molecule has 0 bridgehead atoms. The van der Waals surface area contributed by atoms with Gasteiger partial charge in [-0.2, -0.15) is 10.2 Å². The quantitative estimate of drug-likeness (QED) is 0.869. The smallest absolute Gasteiger partial charge is 0.303 e. The molecule has 0 saturated carbocycles. The number of aryl methyl sites for hydroxylation is 3. The molecule has 2 rings (SSSR count). The number of aromatic nitrogens is 4. The third-order valence-electron chi connectivity index (χ3n) is 2.58. The van der Waals surface area contributed by atoms with Crippen molar-refractivity contribution in [3.05, 3.63) is 23.3 Å². The van der Waals surface area contributed by atoms with E-state index in [1.165, 1.54) is 0 Å². The van der Waals surface area contributed by atoms with E-state index in [0.717, 1.165) is 17.0 Å². The number of carboxylic acid groups (broad SMARTS) is 1. The van der Waals surface area contributed by atoms with Crippen molar-refractivity contribution in [1.29, 1.82) is 0 Å². The average Bonchev–Trinajstić information content (AvgIpc) is 2.85. The van der Waals surface area contributed by atoms with Crippen LogP contribution in [0.2, 0.25) is 0 Å². The minimum absolute atomic E-state index is 0.0319. The Hall–Kier alpha value is -2.31. The fourth-order valence-corrected chi connectivity index (χ4v) is 1.64. The van der Waals surface area contributed by atoms with Gasteiger partial charge in [-0.25, -0.2) is 0 Å². The van der Waals surface area contributed by atoms with Crippen molar-refractivity contribution in [3.8, 4) is 11.5 Å². The van der Waals surface area contributed by atoms with Crippen LogP contribution in [0.15, 0.2) is 10.5 Å². The number of aliphatic carboxylic acids is 1. The van der Waals surface area contributed by atoms with Gasteiger partial charge in [-0.05, 0) is 19.4 Å². The second-order valence-corrected chi connectivity index (χ2v) is 4.09. The molecule has 7 nitrogen and oxygen atoms in total. The SMILES string of the molecule is CCc1nnc(C)cc1-c1nnc(CCC(=O)O)o1. The summed E-state index contributed by atoms with van der Waals surface area (Å²) in [5, 5.41) is 24.5. The molecule has 2 aromatic rings. The maximum atomic E-state index is 10.5. The van der Waals surface area contributed by atoms with E-state index in [-0.39, 0.29) is 12.8 Å². The van der Waals surface area contributed by atoms with Gasteiger partial charge in [0.05, 0.1) is 23.4 Å². The maximum absolute atomic E-state index is 10.5. The second-order valence-electron chi connectivity index (χ2n) is 4.09. The Morgan fingerprint density at radius 3 is 2.79 bits per heavy atom. The zero-order valence-corrected chi connectivity index (χ0v) is 10.8. The van der Waals surface area contributed by atoms with Crippen molar-refractivity contribution < 1.29 is 14.3 Å².